The maximum atomic E-state index is 12.8. The molecule has 3 aromatic rings. The average Bonchev–Trinajstić information content (AvgIpc) is 3.03. The summed E-state index contributed by atoms with van der Waals surface area (Å²) in [5.74, 6) is -0.387. The zero-order valence-electron chi connectivity index (χ0n) is 14.1. The van der Waals surface area contributed by atoms with Gasteiger partial charge in [-0.2, -0.15) is 0 Å². The van der Waals surface area contributed by atoms with Crippen molar-refractivity contribution in [3.63, 3.8) is 0 Å². The highest BCUT2D eigenvalue weighted by molar-refractivity contribution is 7.22. The second-order valence-corrected chi connectivity index (χ2v) is 8.27. The van der Waals surface area contributed by atoms with Crippen molar-refractivity contribution >= 4 is 44.1 Å². The van der Waals surface area contributed by atoms with Gasteiger partial charge in [-0.25, -0.2) is 4.98 Å². The van der Waals surface area contributed by atoms with Crippen molar-refractivity contribution in [1.29, 1.82) is 0 Å². The van der Waals surface area contributed by atoms with Gasteiger partial charge < -0.3 is 5.32 Å². The monoisotopic (exact) mass is 380 g/mol. The summed E-state index contributed by atoms with van der Waals surface area (Å²) in [6.45, 7) is 1.86. The Morgan fingerprint density at radius 2 is 1.88 bits per heavy atom. The molecular formula is C21H17ClN2OS. The van der Waals surface area contributed by atoms with Crippen LogP contribution < -0.4 is 5.32 Å². The zero-order chi connectivity index (χ0) is 18.1. The van der Waals surface area contributed by atoms with E-state index >= 15 is 0 Å². The highest BCUT2D eigenvalue weighted by Gasteiger charge is 2.36. The predicted molar refractivity (Wildman–Crippen MR) is 109 cm³/mol. The summed E-state index contributed by atoms with van der Waals surface area (Å²) in [4.78, 5) is 16.6. The first-order valence-electron chi connectivity index (χ1n) is 8.35. The molecule has 3 nitrogen and oxygen atoms in total. The van der Waals surface area contributed by atoms with Crippen LogP contribution in [-0.2, 0) is 0 Å². The van der Waals surface area contributed by atoms with Crippen molar-refractivity contribution in [1.82, 2.24) is 4.98 Å². The van der Waals surface area contributed by atoms with E-state index in [1.165, 1.54) is 0 Å². The standard InChI is InChI=1S/C21H17ClN2OS/c1-21(22)13-15(23-20-24-17-9-5-6-10-18(17)26-20)11-12-16(21)19(25)14-7-3-2-4-8-14/h2-13,16H,1H3,(H,23,24). The molecule has 130 valence electrons. The van der Waals surface area contributed by atoms with Gasteiger partial charge in [0.1, 0.15) is 0 Å². The number of allylic oxidation sites excluding steroid dienone is 3. The Balaban J connectivity index is 1.56. The fraction of sp³-hybridized carbons (Fsp3) is 0.143. The Labute approximate surface area is 161 Å². The number of carbonyl (C=O) groups excluding carboxylic acids is 1. The number of aromatic nitrogens is 1. The first-order valence-corrected chi connectivity index (χ1v) is 9.54. The highest BCUT2D eigenvalue weighted by atomic mass is 35.5. The topological polar surface area (TPSA) is 42.0 Å². The van der Waals surface area contributed by atoms with Crippen LogP contribution in [0.2, 0.25) is 0 Å². The van der Waals surface area contributed by atoms with E-state index in [-0.39, 0.29) is 5.78 Å². The van der Waals surface area contributed by atoms with Gasteiger partial charge in [-0.1, -0.05) is 59.9 Å². The number of hydrogen-bond acceptors (Lipinski definition) is 4. The van der Waals surface area contributed by atoms with E-state index in [1.54, 1.807) is 11.3 Å². The number of hydrogen-bond donors (Lipinski definition) is 1. The molecule has 1 N–H and O–H groups in total. The average molecular weight is 381 g/mol. The van der Waals surface area contributed by atoms with Gasteiger partial charge in [-0.15, -0.1) is 11.6 Å². The molecule has 0 radical (unpaired) electrons. The highest BCUT2D eigenvalue weighted by Crippen LogP contribution is 2.36. The molecule has 2 aromatic carbocycles. The molecule has 0 saturated carbocycles. The van der Waals surface area contributed by atoms with Crippen LogP contribution in [0.5, 0.6) is 0 Å². The smallest absolute Gasteiger partial charge is 0.188 e. The number of ketones is 1. The van der Waals surface area contributed by atoms with Gasteiger partial charge >= 0.3 is 0 Å². The quantitative estimate of drug-likeness (QED) is 0.469. The van der Waals surface area contributed by atoms with Crippen molar-refractivity contribution in [3.05, 3.63) is 84.1 Å². The molecule has 0 fully saturated rings. The Hall–Kier alpha value is -2.43. The molecule has 0 aliphatic heterocycles. The number of anilines is 1. The largest absolute Gasteiger partial charge is 0.332 e. The van der Waals surface area contributed by atoms with Crippen molar-refractivity contribution in [2.45, 2.75) is 11.8 Å². The van der Waals surface area contributed by atoms with E-state index in [1.807, 2.05) is 79.7 Å². The van der Waals surface area contributed by atoms with E-state index in [4.69, 9.17) is 11.6 Å². The third-order valence-electron chi connectivity index (χ3n) is 4.40. The maximum Gasteiger partial charge on any atom is 0.188 e. The third kappa shape index (κ3) is 3.30. The van der Waals surface area contributed by atoms with Crippen LogP contribution in [0.3, 0.4) is 0 Å². The molecule has 0 bridgehead atoms. The number of rotatable bonds is 4. The van der Waals surface area contributed by atoms with E-state index in [0.717, 1.165) is 21.0 Å². The van der Waals surface area contributed by atoms with E-state index < -0.39 is 10.8 Å². The van der Waals surface area contributed by atoms with Crippen LogP contribution in [0.15, 0.2) is 78.5 Å². The molecule has 2 unspecified atom stereocenters. The van der Waals surface area contributed by atoms with Crippen LogP contribution in [0.25, 0.3) is 10.2 Å². The predicted octanol–water partition coefficient (Wildman–Crippen LogP) is 5.66. The minimum absolute atomic E-state index is 0.0228. The number of nitrogens with one attached hydrogen (secondary N) is 1. The van der Waals surface area contributed by atoms with Gasteiger partial charge in [0, 0.05) is 11.3 Å². The number of carbonyl (C=O) groups is 1. The number of para-hydroxylation sites is 1. The first kappa shape index (κ1) is 17.0. The Morgan fingerprint density at radius 1 is 1.15 bits per heavy atom. The number of alkyl halides is 1. The van der Waals surface area contributed by atoms with Crippen LogP contribution in [0.4, 0.5) is 5.13 Å². The van der Waals surface area contributed by atoms with Crippen LogP contribution in [-0.4, -0.2) is 15.6 Å². The van der Waals surface area contributed by atoms with E-state index in [2.05, 4.69) is 10.3 Å². The second-order valence-electron chi connectivity index (χ2n) is 6.43. The molecule has 26 heavy (non-hydrogen) atoms. The third-order valence-corrected chi connectivity index (χ3v) is 5.70. The van der Waals surface area contributed by atoms with Gasteiger partial charge in [0.15, 0.2) is 10.9 Å². The molecule has 5 heteroatoms. The van der Waals surface area contributed by atoms with Crippen molar-refractivity contribution in [3.8, 4) is 0 Å². The van der Waals surface area contributed by atoms with Crippen molar-refractivity contribution in [2.75, 3.05) is 5.32 Å². The maximum absolute atomic E-state index is 12.8. The summed E-state index contributed by atoms with van der Waals surface area (Å²) >= 11 is 8.31. The minimum Gasteiger partial charge on any atom is -0.332 e. The number of halogens is 1. The molecule has 1 heterocycles. The fourth-order valence-electron chi connectivity index (χ4n) is 3.08. The molecule has 1 aliphatic rings. The molecule has 1 aliphatic carbocycles. The summed E-state index contributed by atoms with van der Waals surface area (Å²) in [5.41, 5.74) is 2.48. The number of thiazole rings is 1. The van der Waals surface area contributed by atoms with Gasteiger partial charge in [-0.3, -0.25) is 4.79 Å². The molecule has 0 spiro atoms. The number of fused-ring (bicyclic) bond motifs is 1. The lowest BCUT2D eigenvalue weighted by Gasteiger charge is -2.30. The first-order chi connectivity index (χ1) is 12.5. The Bertz CT molecular complexity index is 988. The normalized spacial score (nSPS) is 22.2. The van der Waals surface area contributed by atoms with Gasteiger partial charge in [0.2, 0.25) is 0 Å². The Kier molecular flexibility index (Phi) is 4.39. The molecular weight excluding hydrogens is 364 g/mol. The minimum atomic E-state index is -0.805. The van der Waals surface area contributed by atoms with Crippen LogP contribution >= 0.6 is 22.9 Å². The summed E-state index contributed by atoms with van der Waals surface area (Å²) in [6, 6.07) is 17.3. The van der Waals surface area contributed by atoms with Crippen molar-refractivity contribution in [2.24, 2.45) is 5.92 Å². The molecule has 4 rings (SSSR count). The summed E-state index contributed by atoms with van der Waals surface area (Å²) in [5, 5.41) is 4.12. The number of nitrogens with zero attached hydrogens (tertiary/aromatic N) is 1. The van der Waals surface area contributed by atoms with Gasteiger partial charge in [0.25, 0.3) is 0 Å². The van der Waals surface area contributed by atoms with E-state index in [9.17, 15) is 4.79 Å². The lowest BCUT2D eigenvalue weighted by Crippen LogP contribution is -2.34. The molecule has 0 amide bonds. The van der Waals surface area contributed by atoms with Crippen molar-refractivity contribution < 1.29 is 4.79 Å². The summed E-state index contributed by atoms with van der Waals surface area (Å²) in [6.07, 6.45) is 5.67. The number of benzene rings is 2. The van der Waals surface area contributed by atoms with Gasteiger partial charge in [-0.05, 0) is 31.2 Å². The van der Waals surface area contributed by atoms with Crippen LogP contribution in [0.1, 0.15) is 17.3 Å². The second kappa shape index (κ2) is 6.71. The van der Waals surface area contributed by atoms with E-state index in [0.29, 0.717) is 5.56 Å². The summed E-state index contributed by atoms with van der Waals surface area (Å²) < 4.78 is 1.13. The Morgan fingerprint density at radius 3 is 2.62 bits per heavy atom. The SMILES string of the molecule is CC1(Cl)C=C(Nc2nc3ccccc3s2)C=CC1C(=O)c1ccccc1. The molecule has 2 atom stereocenters. The zero-order valence-corrected chi connectivity index (χ0v) is 15.7. The summed E-state index contributed by atoms with van der Waals surface area (Å²) in [7, 11) is 0. The number of Topliss-reactive ketones (excluding diaryl/α,β-unsaturated/α-hetero) is 1. The van der Waals surface area contributed by atoms with Crippen LogP contribution in [0, 0.1) is 5.92 Å². The molecule has 1 aromatic heterocycles. The van der Waals surface area contributed by atoms with Gasteiger partial charge in [0.05, 0.1) is 21.0 Å². The fourth-order valence-corrected chi connectivity index (χ4v) is 4.26. The molecule has 0 saturated heterocycles. The lowest BCUT2D eigenvalue weighted by atomic mass is 9.82. The lowest BCUT2D eigenvalue weighted by molar-refractivity contribution is 0.0932.